The number of para-hydroxylation sites is 1. The second kappa shape index (κ2) is 3.57. The normalized spacial score (nSPS) is 9.33. The summed E-state index contributed by atoms with van der Waals surface area (Å²) in [6.45, 7) is 0. The predicted molar refractivity (Wildman–Crippen MR) is 43.4 cm³/mol. The largest absolute Gasteiger partial charge is 1.00 e. The number of phenols is 1. The summed E-state index contributed by atoms with van der Waals surface area (Å²) in [5.41, 5.74) is 0.662. The number of hydrogen-bond acceptors (Lipinski definition) is 2. The van der Waals surface area contributed by atoms with E-state index in [1.807, 2.05) is 18.2 Å². The van der Waals surface area contributed by atoms with Crippen LogP contribution in [-0.2, 0) is 17.1 Å². The fourth-order valence-electron chi connectivity index (χ4n) is 1.09. The first-order valence-corrected chi connectivity index (χ1v) is 3.40. The summed E-state index contributed by atoms with van der Waals surface area (Å²) < 4.78 is 0. The summed E-state index contributed by atoms with van der Waals surface area (Å²) in [5.74, 6) is 0.239. The molecule has 64 valence electrons. The van der Waals surface area contributed by atoms with E-state index in [0.29, 0.717) is 5.52 Å². The fraction of sp³-hybridized carbons (Fsp3) is 0. The topological polar surface area (TPSA) is 33.1 Å². The van der Waals surface area contributed by atoms with E-state index in [1.165, 1.54) is 0 Å². The molecule has 1 heterocycles. The summed E-state index contributed by atoms with van der Waals surface area (Å²) in [4.78, 5) is 4.03. The third-order valence-corrected chi connectivity index (χ3v) is 1.61. The zero-order chi connectivity index (χ0) is 7.68. The van der Waals surface area contributed by atoms with Crippen molar-refractivity contribution in [3.05, 3.63) is 36.5 Å². The molecule has 2 nitrogen and oxygen atoms in total. The van der Waals surface area contributed by atoms with E-state index < -0.39 is 0 Å². The Kier molecular flexibility index (Phi) is 2.69. The van der Waals surface area contributed by atoms with E-state index in [4.69, 9.17) is 0 Å². The van der Waals surface area contributed by atoms with Crippen molar-refractivity contribution in [1.29, 1.82) is 0 Å². The quantitative estimate of drug-likeness (QED) is 0.672. The molecule has 0 spiro atoms. The van der Waals surface area contributed by atoms with Gasteiger partial charge in [0.1, 0.15) is 11.3 Å². The molecule has 0 aliphatic carbocycles. The standard InChI is InChI=1S/C9H7NO.Cu/c11-8-5-1-3-7-4-2-6-10-9(7)8;/h1-6,11H;/q;+1. The Morgan fingerprint density at radius 2 is 1.83 bits per heavy atom. The molecule has 0 atom stereocenters. The van der Waals surface area contributed by atoms with Crippen molar-refractivity contribution < 1.29 is 22.2 Å². The Labute approximate surface area is 80.7 Å². The van der Waals surface area contributed by atoms with E-state index in [2.05, 4.69) is 4.98 Å². The summed E-state index contributed by atoms with van der Waals surface area (Å²) >= 11 is 0. The third-order valence-electron chi connectivity index (χ3n) is 1.61. The van der Waals surface area contributed by atoms with Gasteiger partial charge in [0, 0.05) is 11.6 Å². The molecule has 1 aromatic heterocycles. The van der Waals surface area contributed by atoms with Gasteiger partial charge in [0.05, 0.1) is 0 Å². The molecule has 0 fully saturated rings. The van der Waals surface area contributed by atoms with Crippen LogP contribution in [-0.4, -0.2) is 10.1 Å². The van der Waals surface area contributed by atoms with Crippen molar-refractivity contribution in [2.75, 3.05) is 0 Å². The van der Waals surface area contributed by atoms with E-state index in [0.717, 1.165) is 5.39 Å². The molecule has 0 bridgehead atoms. The van der Waals surface area contributed by atoms with Crippen LogP contribution in [0, 0.1) is 0 Å². The van der Waals surface area contributed by atoms with Gasteiger partial charge < -0.3 is 5.11 Å². The second-order valence-corrected chi connectivity index (χ2v) is 2.35. The second-order valence-electron chi connectivity index (χ2n) is 2.35. The predicted octanol–water partition coefficient (Wildman–Crippen LogP) is 1.94. The molecule has 2 rings (SSSR count). The Bertz CT molecular complexity index is 384. The molecule has 12 heavy (non-hydrogen) atoms. The number of pyridine rings is 1. The van der Waals surface area contributed by atoms with Gasteiger partial charge in [0.15, 0.2) is 0 Å². The van der Waals surface area contributed by atoms with E-state index >= 15 is 0 Å². The zero-order valence-corrected chi connectivity index (χ0v) is 7.10. The van der Waals surface area contributed by atoms with Crippen molar-refractivity contribution in [1.82, 2.24) is 4.98 Å². The smallest absolute Gasteiger partial charge is 0.506 e. The van der Waals surface area contributed by atoms with Gasteiger partial charge in [-0.2, -0.15) is 0 Å². The summed E-state index contributed by atoms with van der Waals surface area (Å²) in [7, 11) is 0. The Hall–Kier alpha value is -1.05. The Balaban J connectivity index is 0.000000720. The van der Waals surface area contributed by atoms with Crippen molar-refractivity contribution in [3.63, 3.8) is 0 Å². The molecule has 0 saturated carbocycles. The molecule has 3 heteroatoms. The SMILES string of the molecule is Oc1cccc2cccnc12.[Cu+]. The minimum atomic E-state index is 0. The number of aromatic hydroxyl groups is 1. The minimum Gasteiger partial charge on any atom is -0.506 e. The fourth-order valence-corrected chi connectivity index (χ4v) is 1.09. The molecular weight excluding hydrogens is 202 g/mol. The number of fused-ring (bicyclic) bond motifs is 1. The van der Waals surface area contributed by atoms with Gasteiger partial charge in [-0.3, -0.25) is 4.98 Å². The molecule has 0 amide bonds. The zero-order valence-electron chi connectivity index (χ0n) is 6.16. The number of nitrogens with zero attached hydrogens (tertiary/aromatic N) is 1. The van der Waals surface area contributed by atoms with Crippen LogP contribution in [0.5, 0.6) is 5.75 Å². The maximum Gasteiger partial charge on any atom is 1.00 e. The average molecular weight is 209 g/mol. The van der Waals surface area contributed by atoms with Gasteiger partial charge in [-0.15, -0.1) is 0 Å². The van der Waals surface area contributed by atoms with Gasteiger partial charge in [0.25, 0.3) is 0 Å². The van der Waals surface area contributed by atoms with Crippen LogP contribution in [0.3, 0.4) is 0 Å². The average Bonchev–Trinajstić information content (AvgIpc) is 2.06. The van der Waals surface area contributed by atoms with Crippen molar-refractivity contribution in [2.45, 2.75) is 0 Å². The van der Waals surface area contributed by atoms with E-state index in [9.17, 15) is 5.11 Å². The maximum atomic E-state index is 9.31. The van der Waals surface area contributed by atoms with E-state index in [-0.39, 0.29) is 22.8 Å². The molecule has 0 saturated heterocycles. The van der Waals surface area contributed by atoms with Gasteiger partial charge in [0.2, 0.25) is 0 Å². The number of aromatic nitrogens is 1. The van der Waals surface area contributed by atoms with Crippen LogP contribution in [0.4, 0.5) is 0 Å². The van der Waals surface area contributed by atoms with Crippen LogP contribution in [0.2, 0.25) is 0 Å². The molecule has 1 aromatic carbocycles. The van der Waals surface area contributed by atoms with Gasteiger partial charge in [-0.25, -0.2) is 0 Å². The van der Waals surface area contributed by atoms with Gasteiger partial charge in [-0.1, -0.05) is 18.2 Å². The summed E-state index contributed by atoms with van der Waals surface area (Å²) in [6.07, 6.45) is 1.67. The van der Waals surface area contributed by atoms with Crippen LogP contribution >= 0.6 is 0 Å². The van der Waals surface area contributed by atoms with Crippen LogP contribution < -0.4 is 0 Å². The van der Waals surface area contributed by atoms with Gasteiger partial charge in [-0.05, 0) is 12.1 Å². The van der Waals surface area contributed by atoms with E-state index in [1.54, 1.807) is 18.3 Å². The summed E-state index contributed by atoms with van der Waals surface area (Å²) in [5, 5.41) is 10.3. The molecular formula is C9H7CuNO+. The maximum absolute atomic E-state index is 9.31. The third kappa shape index (κ3) is 1.42. The molecule has 0 aliphatic heterocycles. The first-order valence-electron chi connectivity index (χ1n) is 3.40. The summed E-state index contributed by atoms with van der Waals surface area (Å²) in [6, 6.07) is 9.13. The Morgan fingerprint density at radius 1 is 1.08 bits per heavy atom. The monoisotopic (exact) mass is 208 g/mol. The number of benzene rings is 1. The first kappa shape index (κ1) is 9.04. The molecule has 0 aliphatic rings. The minimum absolute atomic E-state index is 0. The van der Waals surface area contributed by atoms with Crippen LogP contribution in [0.15, 0.2) is 36.5 Å². The molecule has 0 radical (unpaired) electrons. The van der Waals surface area contributed by atoms with Gasteiger partial charge >= 0.3 is 17.1 Å². The molecule has 2 aromatic rings. The number of rotatable bonds is 0. The molecule has 0 unspecified atom stereocenters. The number of hydrogen-bond donors (Lipinski definition) is 1. The first-order chi connectivity index (χ1) is 5.38. The van der Waals surface area contributed by atoms with Crippen molar-refractivity contribution >= 4 is 10.9 Å². The van der Waals surface area contributed by atoms with Crippen molar-refractivity contribution in [3.8, 4) is 5.75 Å². The van der Waals surface area contributed by atoms with Crippen molar-refractivity contribution in [2.24, 2.45) is 0 Å². The molecule has 1 N–H and O–H groups in total. The number of phenolic OH excluding ortho intramolecular Hbond substituents is 1. The van der Waals surface area contributed by atoms with Crippen LogP contribution in [0.25, 0.3) is 10.9 Å². The van der Waals surface area contributed by atoms with Crippen LogP contribution in [0.1, 0.15) is 0 Å². The Morgan fingerprint density at radius 3 is 2.58 bits per heavy atom.